The third kappa shape index (κ3) is 4.90. The Balaban J connectivity index is 3.79. The van der Waals surface area contributed by atoms with Crippen LogP contribution in [0.25, 0.3) is 0 Å². The van der Waals surface area contributed by atoms with Crippen molar-refractivity contribution in [3.63, 3.8) is 0 Å². The van der Waals surface area contributed by atoms with Gasteiger partial charge < -0.3 is 0 Å². The minimum absolute atomic E-state index is 0.527. The average Bonchev–Trinajstić information content (AvgIpc) is 1.65. The van der Waals surface area contributed by atoms with Gasteiger partial charge in [0.05, 0.1) is 0 Å². The van der Waals surface area contributed by atoms with Crippen LogP contribution in [-0.2, 0) is 0 Å². The molecule has 0 heterocycles. The Hall–Kier alpha value is 2.55. The molecule has 0 amide bonds. The summed E-state index contributed by atoms with van der Waals surface area (Å²) in [7, 11) is 1.97. The molecule has 0 aromatic carbocycles. The molecule has 1 unspecified atom stereocenters. The van der Waals surface area contributed by atoms with Gasteiger partial charge in [-0.2, -0.15) is 0 Å². The average molecular weight is 449 g/mol. The van der Waals surface area contributed by atoms with Crippen molar-refractivity contribution in [1.29, 1.82) is 0 Å². The van der Waals surface area contributed by atoms with E-state index in [1.165, 1.54) is 0 Å². The second kappa shape index (κ2) is 5.24. The van der Waals surface area contributed by atoms with Crippen molar-refractivity contribution in [3.05, 3.63) is 0 Å². The van der Waals surface area contributed by atoms with Crippen LogP contribution in [0.15, 0.2) is 0 Å². The first kappa shape index (κ1) is 11.5. The Kier molecular flexibility index (Phi) is 6.72. The zero-order chi connectivity index (χ0) is 7.49. The number of hydrogen-bond acceptors (Lipinski definition) is 2. The maximum absolute atomic E-state index is 3.63. The topological polar surface area (TPSA) is 12.0 Å². The molecule has 0 aromatic rings. The molecule has 0 rings (SSSR count). The minimum atomic E-state index is -2.16. The molecule has 0 saturated heterocycles. The fourth-order valence-electron chi connectivity index (χ4n) is 0.415. The first-order chi connectivity index (χ1) is 4.02. The fourth-order valence-corrected chi connectivity index (χ4v) is 20.0. The van der Waals surface area contributed by atoms with Gasteiger partial charge in [0.25, 0.3) is 0 Å². The van der Waals surface area contributed by atoms with Gasteiger partial charge in [0, 0.05) is 0 Å². The molecule has 6 heteroatoms. The first-order valence-electron chi connectivity index (χ1n) is 2.29. The van der Waals surface area contributed by atoms with Crippen LogP contribution in [0.2, 0.25) is 0 Å². The van der Waals surface area contributed by atoms with Gasteiger partial charge in [-0.3, -0.25) is 0 Å². The van der Waals surface area contributed by atoms with Crippen LogP contribution in [0, 0.1) is 0 Å². The normalized spacial score (nSPS) is 15.7. The van der Waals surface area contributed by atoms with Crippen molar-refractivity contribution in [2.45, 2.75) is 3.39 Å². The molecule has 1 atom stereocenters. The van der Waals surface area contributed by atoms with Crippen LogP contribution < -0.4 is 5.32 Å². The van der Waals surface area contributed by atoms with E-state index in [1.807, 2.05) is 18.8 Å². The number of halogens is 3. The molecule has 0 saturated carbocycles. The summed E-state index contributed by atoms with van der Waals surface area (Å²) in [6.45, 7) is 0. The molecular weight excluding hydrogens is 441 g/mol. The second-order valence-electron chi connectivity index (χ2n) is 1.45. The molecule has 0 aliphatic rings. The third-order valence-corrected chi connectivity index (χ3v) is 23.7. The Morgan fingerprint density at radius 1 is 1.44 bits per heavy atom. The van der Waals surface area contributed by atoms with Gasteiger partial charge in [0.15, 0.2) is 0 Å². The fraction of sp³-hybridized carbons (Fsp3) is 1.00. The van der Waals surface area contributed by atoms with E-state index in [2.05, 4.69) is 49.7 Å². The van der Waals surface area contributed by atoms with E-state index in [0.717, 1.165) is 0 Å². The van der Waals surface area contributed by atoms with Crippen LogP contribution in [0.4, 0.5) is 0 Å². The van der Waals surface area contributed by atoms with E-state index < -0.39 is 11.7 Å². The van der Waals surface area contributed by atoms with Crippen molar-refractivity contribution >= 4 is 61.6 Å². The molecule has 1 nitrogen and oxygen atoms in total. The summed E-state index contributed by atoms with van der Waals surface area (Å²) in [4.78, 5) is 0. The van der Waals surface area contributed by atoms with E-state index in [1.54, 1.807) is 0 Å². The molecule has 9 heavy (non-hydrogen) atoms. The predicted octanol–water partition coefficient (Wildman–Crippen LogP) is 2.56. The van der Waals surface area contributed by atoms with Crippen molar-refractivity contribution in [3.8, 4) is 0 Å². The van der Waals surface area contributed by atoms with Gasteiger partial charge in [-0.15, -0.1) is 0 Å². The zero-order valence-electron chi connectivity index (χ0n) is 5.12. The summed E-state index contributed by atoms with van der Waals surface area (Å²) in [6.07, 6.45) is 2.09. The van der Waals surface area contributed by atoms with E-state index in [9.17, 15) is 0 Å². The zero-order valence-corrected chi connectivity index (χ0v) is 13.5. The summed E-state index contributed by atoms with van der Waals surface area (Å²) in [6, 6.07) is 0. The van der Waals surface area contributed by atoms with Gasteiger partial charge in [-0.1, -0.05) is 0 Å². The number of hydrogen-bond donors (Lipinski definition) is 1. The van der Waals surface area contributed by atoms with Crippen LogP contribution in [0.1, 0.15) is 0 Å². The molecule has 0 spiro atoms. The summed E-state index contributed by atoms with van der Waals surface area (Å²) in [5, 5.41) is 3.21. The summed E-state index contributed by atoms with van der Waals surface area (Å²) in [5.41, 5.74) is 0. The summed E-state index contributed by atoms with van der Waals surface area (Å²) < 4.78 is 0.527. The summed E-state index contributed by atoms with van der Waals surface area (Å²) in [5.74, 6) is 0. The van der Waals surface area contributed by atoms with Crippen molar-refractivity contribution in [1.82, 2.24) is 5.32 Å². The van der Waals surface area contributed by atoms with E-state index in [0.29, 0.717) is 3.39 Å². The molecule has 0 aromatic heterocycles. The van der Waals surface area contributed by atoms with Gasteiger partial charge in [-0.25, -0.2) is 0 Å². The van der Waals surface area contributed by atoms with E-state index in [-0.39, 0.29) is 0 Å². The number of nitrogens with one attached hydrogen (secondary N) is 1. The second-order valence-corrected chi connectivity index (χ2v) is 54.9. The Morgan fingerprint density at radius 2 is 1.89 bits per heavy atom. The molecule has 0 aliphatic carbocycles. The number of rotatable bonds is 3. The maximum atomic E-state index is 3.63. The molecule has 0 bridgehead atoms. The van der Waals surface area contributed by atoms with E-state index in [4.69, 9.17) is 0 Å². The van der Waals surface area contributed by atoms with Gasteiger partial charge in [0.2, 0.25) is 0 Å². The van der Waals surface area contributed by atoms with Crippen LogP contribution in [0.3, 0.4) is 0 Å². The molecule has 0 fully saturated rings. The monoisotopic (exact) mass is 447 g/mol. The third-order valence-electron chi connectivity index (χ3n) is 0.795. The van der Waals surface area contributed by atoms with Crippen molar-refractivity contribution < 1.29 is 0 Å². The molecule has 1 N–H and O–H groups in total. The predicted molar refractivity (Wildman–Crippen MR) is 58.9 cm³/mol. The van der Waals surface area contributed by atoms with Crippen LogP contribution in [0.5, 0.6) is 0 Å². The standard InChI is InChI=1S/C3H8NS.3BrH.Sn/c1-4-3-5-2;;;;/h3-4H,1-2H3;3*1H;/q;;;;+3/p-3. The molecule has 0 radical (unpaired) electrons. The van der Waals surface area contributed by atoms with Crippen molar-refractivity contribution in [2.75, 3.05) is 13.3 Å². The summed E-state index contributed by atoms with van der Waals surface area (Å²) >= 11 is 10.5. The Morgan fingerprint density at radius 3 is 1.89 bits per heavy atom. The van der Waals surface area contributed by atoms with Crippen LogP contribution in [-0.4, -0.2) is 28.4 Å². The number of thioether (sulfide) groups is 1. The Bertz CT molecular complexity index is 81.6. The molecule has 0 aliphatic heterocycles. The first-order valence-corrected chi connectivity index (χ1v) is 24.4. The quantitative estimate of drug-likeness (QED) is 0.526. The van der Waals surface area contributed by atoms with Gasteiger partial charge in [0.1, 0.15) is 0 Å². The van der Waals surface area contributed by atoms with Gasteiger partial charge in [-0.05, 0) is 0 Å². The Labute approximate surface area is 82.2 Å². The molecular formula is C3H8Br3NSSn. The van der Waals surface area contributed by atoms with Gasteiger partial charge >= 0.3 is 83.6 Å². The van der Waals surface area contributed by atoms with Crippen LogP contribution >= 0.6 is 49.9 Å². The van der Waals surface area contributed by atoms with E-state index >= 15 is 0 Å². The van der Waals surface area contributed by atoms with Crippen molar-refractivity contribution in [2.24, 2.45) is 0 Å². The molecule has 56 valence electrons. The SMILES string of the molecule is CN[CH](SC)[Sn]([Br])([Br])[Br].